The van der Waals surface area contributed by atoms with Crippen molar-refractivity contribution in [2.45, 2.75) is 84.1 Å². The second kappa shape index (κ2) is 15.5. The number of aromatic nitrogens is 2. The molecular formula is C40H45ClN4OS. The van der Waals surface area contributed by atoms with Crippen LogP contribution in [0.25, 0.3) is 22.2 Å². The maximum Gasteiger partial charge on any atom is 0.127 e. The van der Waals surface area contributed by atoms with E-state index in [-0.39, 0.29) is 0 Å². The van der Waals surface area contributed by atoms with Crippen LogP contribution in [-0.4, -0.2) is 34.1 Å². The Bertz CT molecular complexity index is 1810. The lowest BCUT2D eigenvalue weighted by Crippen LogP contribution is -2.33. The van der Waals surface area contributed by atoms with Gasteiger partial charge in [-0.2, -0.15) is 5.26 Å². The molecular weight excluding hydrogens is 620 g/mol. The van der Waals surface area contributed by atoms with Crippen LogP contribution >= 0.6 is 22.9 Å². The second-order valence-corrected chi connectivity index (χ2v) is 14.6. The molecule has 3 heterocycles. The molecule has 244 valence electrons. The summed E-state index contributed by atoms with van der Waals surface area (Å²) in [7, 11) is 0. The highest BCUT2D eigenvalue weighted by molar-refractivity contribution is 7.12. The standard InChI is InChI=1S/C40H45ClN4OS/c1-4-5-9-38-39(30-11-15-35(16-12-30)46-36-17-13-33(41)14-18-36)43-40(47-38)31-20-23-44(24-21-31)22-7-6-8-34-26-32-25-29(27-42)10-19-37(32)45(34)28(2)3/h10-19,25-26,28,31H,4-9,20-24H2,1-3H3. The minimum absolute atomic E-state index is 0.400. The third-order valence-corrected chi connectivity index (χ3v) is 10.8. The number of likely N-dealkylation sites (tertiary alicyclic amines) is 1. The summed E-state index contributed by atoms with van der Waals surface area (Å²) in [6, 6.07) is 26.9. The number of unbranched alkanes of at least 4 members (excludes halogenated alkanes) is 2. The smallest absolute Gasteiger partial charge is 0.127 e. The Morgan fingerprint density at radius 2 is 1.66 bits per heavy atom. The fraction of sp³-hybridized carbons (Fsp3) is 0.400. The summed E-state index contributed by atoms with van der Waals surface area (Å²) in [4.78, 5) is 9.36. The molecule has 5 nitrogen and oxygen atoms in total. The van der Waals surface area contributed by atoms with Crippen LogP contribution in [-0.2, 0) is 12.8 Å². The zero-order valence-electron chi connectivity index (χ0n) is 27.8. The second-order valence-electron chi connectivity index (χ2n) is 13.1. The average molecular weight is 665 g/mol. The lowest BCUT2D eigenvalue weighted by atomic mass is 9.97. The van der Waals surface area contributed by atoms with Gasteiger partial charge in [-0.1, -0.05) is 24.9 Å². The molecule has 1 aliphatic rings. The molecule has 1 aliphatic heterocycles. The quantitative estimate of drug-likeness (QED) is 0.118. The Morgan fingerprint density at radius 3 is 2.34 bits per heavy atom. The van der Waals surface area contributed by atoms with Crippen LogP contribution in [0.15, 0.2) is 72.8 Å². The van der Waals surface area contributed by atoms with E-state index in [9.17, 15) is 5.26 Å². The average Bonchev–Trinajstić information content (AvgIpc) is 3.68. The monoisotopic (exact) mass is 664 g/mol. The fourth-order valence-electron chi connectivity index (χ4n) is 6.81. The number of aryl methyl sites for hydroxylation is 2. The summed E-state index contributed by atoms with van der Waals surface area (Å²) in [5, 5.41) is 12.5. The molecule has 7 heteroatoms. The van der Waals surface area contributed by atoms with Crippen molar-refractivity contribution in [2.24, 2.45) is 0 Å². The van der Waals surface area contributed by atoms with Crippen molar-refractivity contribution in [2.75, 3.05) is 19.6 Å². The van der Waals surface area contributed by atoms with Gasteiger partial charge in [0.05, 0.1) is 22.3 Å². The fourth-order valence-corrected chi connectivity index (χ4v) is 8.23. The van der Waals surface area contributed by atoms with E-state index in [1.807, 2.05) is 59.9 Å². The van der Waals surface area contributed by atoms with Crippen LogP contribution in [0.2, 0.25) is 5.02 Å². The van der Waals surface area contributed by atoms with E-state index in [2.05, 4.69) is 60.6 Å². The van der Waals surface area contributed by atoms with Gasteiger partial charge >= 0.3 is 0 Å². The summed E-state index contributed by atoms with van der Waals surface area (Å²) in [5.74, 6) is 2.13. The van der Waals surface area contributed by atoms with Crippen LogP contribution in [0.4, 0.5) is 0 Å². The molecule has 0 radical (unpaired) electrons. The normalized spacial score (nSPS) is 14.2. The zero-order chi connectivity index (χ0) is 32.8. The molecule has 3 aromatic carbocycles. The number of piperidine rings is 1. The first-order chi connectivity index (χ1) is 22.9. The highest BCUT2D eigenvalue weighted by Crippen LogP contribution is 2.38. The molecule has 0 amide bonds. The van der Waals surface area contributed by atoms with Gasteiger partial charge in [0, 0.05) is 44.0 Å². The van der Waals surface area contributed by atoms with Gasteiger partial charge in [0.2, 0.25) is 0 Å². The maximum atomic E-state index is 9.33. The van der Waals surface area contributed by atoms with Crippen LogP contribution in [0.3, 0.4) is 0 Å². The van der Waals surface area contributed by atoms with Crippen molar-refractivity contribution >= 4 is 33.8 Å². The minimum Gasteiger partial charge on any atom is -0.457 e. The van der Waals surface area contributed by atoms with Crippen LogP contribution in [0.5, 0.6) is 11.5 Å². The van der Waals surface area contributed by atoms with Crippen LogP contribution in [0.1, 0.15) is 92.4 Å². The number of fused-ring (bicyclic) bond motifs is 1. The number of nitriles is 1. The SMILES string of the molecule is CCCCc1sc(C2CCN(CCCCc3cc4cc(C#N)ccc4n3C(C)C)CC2)nc1-c1ccc(Oc2ccc(Cl)cc2)cc1. The Morgan fingerprint density at radius 1 is 0.936 bits per heavy atom. The Balaban J connectivity index is 1.03. The first kappa shape index (κ1) is 33.3. The van der Waals surface area contributed by atoms with Gasteiger partial charge < -0.3 is 14.2 Å². The maximum absolute atomic E-state index is 9.33. The molecule has 0 saturated carbocycles. The Labute approximate surface area is 288 Å². The van der Waals surface area contributed by atoms with Gasteiger partial charge in [-0.05, 0) is 151 Å². The number of ether oxygens (including phenoxy) is 1. The molecule has 0 aliphatic carbocycles. The number of nitrogens with zero attached hydrogens (tertiary/aromatic N) is 4. The number of halogens is 1. The van der Waals surface area contributed by atoms with E-state index >= 15 is 0 Å². The Hall–Kier alpha value is -3.63. The molecule has 5 aromatic rings. The molecule has 1 fully saturated rings. The molecule has 0 spiro atoms. The lowest BCUT2D eigenvalue weighted by Gasteiger charge is -2.31. The van der Waals surface area contributed by atoms with Crippen molar-refractivity contribution in [1.82, 2.24) is 14.5 Å². The molecule has 0 unspecified atom stereocenters. The van der Waals surface area contributed by atoms with E-state index in [1.54, 1.807) is 0 Å². The summed E-state index contributed by atoms with van der Waals surface area (Å²) >= 11 is 7.97. The minimum atomic E-state index is 0.400. The number of hydrogen-bond acceptors (Lipinski definition) is 5. The van der Waals surface area contributed by atoms with Crippen LogP contribution < -0.4 is 4.74 Å². The summed E-state index contributed by atoms with van der Waals surface area (Å²) < 4.78 is 8.48. The van der Waals surface area contributed by atoms with Crippen molar-refractivity contribution in [3.8, 4) is 28.8 Å². The highest BCUT2D eigenvalue weighted by atomic mass is 35.5. The van der Waals surface area contributed by atoms with Gasteiger partial charge in [-0.15, -0.1) is 11.3 Å². The van der Waals surface area contributed by atoms with Crippen molar-refractivity contribution in [1.29, 1.82) is 5.26 Å². The zero-order valence-corrected chi connectivity index (χ0v) is 29.4. The number of benzene rings is 3. The largest absolute Gasteiger partial charge is 0.457 e. The first-order valence-electron chi connectivity index (χ1n) is 17.2. The molecule has 0 atom stereocenters. The van der Waals surface area contributed by atoms with Gasteiger partial charge in [-0.3, -0.25) is 0 Å². The highest BCUT2D eigenvalue weighted by Gasteiger charge is 2.25. The van der Waals surface area contributed by atoms with E-state index in [0.717, 1.165) is 55.2 Å². The van der Waals surface area contributed by atoms with Gasteiger partial charge in [-0.25, -0.2) is 4.98 Å². The summed E-state index contributed by atoms with van der Waals surface area (Å²) in [6.45, 7) is 10.2. The third-order valence-electron chi connectivity index (χ3n) is 9.31. The van der Waals surface area contributed by atoms with E-state index in [0.29, 0.717) is 17.0 Å². The summed E-state index contributed by atoms with van der Waals surface area (Å²) in [5.41, 5.74) is 5.67. The van der Waals surface area contributed by atoms with Gasteiger partial charge in [0.25, 0.3) is 0 Å². The van der Waals surface area contributed by atoms with Crippen molar-refractivity contribution in [3.05, 3.63) is 99.0 Å². The van der Waals surface area contributed by atoms with Crippen molar-refractivity contribution in [3.63, 3.8) is 0 Å². The molecule has 0 bridgehead atoms. The van der Waals surface area contributed by atoms with Crippen molar-refractivity contribution < 1.29 is 4.74 Å². The predicted molar refractivity (Wildman–Crippen MR) is 196 cm³/mol. The number of rotatable bonds is 13. The number of hydrogen-bond donors (Lipinski definition) is 0. The summed E-state index contributed by atoms with van der Waals surface area (Å²) in [6.07, 6.45) is 9.25. The van der Waals surface area contributed by atoms with Gasteiger partial charge in [0.15, 0.2) is 0 Å². The van der Waals surface area contributed by atoms with E-state index < -0.39 is 0 Å². The molecule has 6 rings (SSSR count). The number of thiazole rings is 1. The van der Waals surface area contributed by atoms with E-state index in [1.165, 1.54) is 70.6 Å². The molecule has 47 heavy (non-hydrogen) atoms. The van der Waals surface area contributed by atoms with E-state index in [4.69, 9.17) is 21.3 Å². The lowest BCUT2D eigenvalue weighted by molar-refractivity contribution is 0.208. The third kappa shape index (κ3) is 8.09. The molecule has 1 saturated heterocycles. The van der Waals surface area contributed by atoms with Gasteiger partial charge in [0.1, 0.15) is 11.5 Å². The van der Waals surface area contributed by atoms with Crippen LogP contribution in [0, 0.1) is 11.3 Å². The first-order valence-corrected chi connectivity index (χ1v) is 18.4. The predicted octanol–water partition coefficient (Wildman–Crippen LogP) is 11.2. The topological polar surface area (TPSA) is 54.1 Å². The molecule has 0 N–H and O–H groups in total. The molecule has 2 aromatic heterocycles. The Kier molecular flexibility index (Phi) is 11.0.